The van der Waals surface area contributed by atoms with Crippen LogP contribution in [0, 0.1) is 6.92 Å². The van der Waals surface area contributed by atoms with E-state index in [4.69, 9.17) is 11.6 Å². The molecule has 0 unspecified atom stereocenters. The predicted molar refractivity (Wildman–Crippen MR) is 108 cm³/mol. The highest BCUT2D eigenvalue weighted by molar-refractivity contribution is 9.10. The molecule has 2 aromatic carbocycles. The SMILES string of the molecule is Cc1cc(Br)ccc1S(=O)(=O)NCc1ccc(-c2ccc(Cl)cc2)s1. The molecule has 1 N–H and O–H groups in total. The normalized spacial score (nSPS) is 11.6. The Bertz CT molecular complexity index is 998. The minimum absolute atomic E-state index is 0.260. The van der Waals surface area contributed by atoms with Crippen LogP contribution in [-0.2, 0) is 16.6 Å². The lowest BCUT2D eigenvalue weighted by molar-refractivity contribution is 0.581. The molecule has 1 heterocycles. The summed E-state index contributed by atoms with van der Waals surface area (Å²) in [6.45, 7) is 2.04. The van der Waals surface area contributed by atoms with Crippen molar-refractivity contribution < 1.29 is 8.42 Å². The first-order valence-electron chi connectivity index (χ1n) is 7.45. The Labute approximate surface area is 164 Å². The zero-order valence-electron chi connectivity index (χ0n) is 13.3. The summed E-state index contributed by atoms with van der Waals surface area (Å²) < 4.78 is 28.6. The topological polar surface area (TPSA) is 46.2 Å². The predicted octanol–water partition coefficient (Wildman–Crippen LogP) is 5.62. The molecule has 1 aromatic heterocycles. The summed E-state index contributed by atoms with van der Waals surface area (Å²) in [5.41, 5.74) is 1.77. The molecule has 0 spiro atoms. The van der Waals surface area contributed by atoms with E-state index in [1.54, 1.807) is 36.5 Å². The Morgan fingerprint density at radius 3 is 2.48 bits per heavy atom. The van der Waals surface area contributed by atoms with E-state index in [1.165, 1.54) is 0 Å². The van der Waals surface area contributed by atoms with Crippen molar-refractivity contribution in [2.45, 2.75) is 18.4 Å². The first-order valence-corrected chi connectivity index (χ1v) is 10.9. The maximum Gasteiger partial charge on any atom is 0.241 e. The van der Waals surface area contributed by atoms with Gasteiger partial charge in [0.1, 0.15) is 0 Å². The number of rotatable bonds is 5. The third kappa shape index (κ3) is 4.51. The van der Waals surface area contributed by atoms with Gasteiger partial charge in [-0.2, -0.15) is 0 Å². The van der Waals surface area contributed by atoms with Gasteiger partial charge in [-0.15, -0.1) is 11.3 Å². The maximum atomic E-state index is 12.5. The number of aryl methyl sites for hydroxylation is 1. The first kappa shape index (κ1) is 18.6. The van der Waals surface area contributed by atoms with Crippen molar-refractivity contribution in [3.05, 3.63) is 74.5 Å². The van der Waals surface area contributed by atoms with Gasteiger partial charge in [0, 0.05) is 25.8 Å². The smallest absolute Gasteiger partial charge is 0.207 e. The summed E-state index contributed by atoms with van der Waals surface area (Å²) in [6.07, 6.45) is 0. The van der Waals surface area contributed by atoms with E-state index >= 15 is 0 Å². The Morgan fingerprint density at radius 1 is 1.08 bits per heavy atom. The summed E-state index contributed by atoms with van der Waals surface area (Å²) in [5, 5.41) is 0.693. The van der Waals surface area contributed by atoms with Gasteiger partial charge >= 0.3 is 0 Å². The first-order chi connectivity index (χ1) is 11.8. The van der Waals surface area contributed by atoms with E-state index in [0.29, 0.717) is 15.5 Å². The van der Waals surface area contributed by atoms with Crippen LogP contribution >= 0.6 is 38.9 Å². The molecule has 3 rings (SSSR count). The van der Waals surface area contributed by atoms with E-state index in [-0.39, 0.29) is 6.54 Å². The molecule has 0 atom stereocenters. The van der Waals surface area contributed by atoms with Crippen LogP contribution in [0.1, 0.15) is 10.4 Å². The Morgan fingerprint density at radius 2 is 1.80 bits per heavy atom. The summed E-state index contributed by atoms with van der Waals surface area (Å²) in [4.78, 5) is 2.32. The Kier molecular flexibility index (Phi) is 5.65. The monoisotopic (exact) mass is 455 g/mol. The minimum atomic E-state index is -3.55. The highest BCUT2D eigenvalue weighted by Crippen LogP contribution is 2.29. The lowest BCUT2D eigenvalue weighted by Gasteiger charge is -2.09. The average molecular weight is 457 g/mol. The molecule has 25 heavy (non-hydrogen) atoms. The molecule has 0 bridgehead atoms. The second-order valence-electron chi connectivity index (χ2n) is 5.51. The van der Waals surface area contributed by atoms with Crippen molar-refractivity contribution in [1.29, 1.82) is 0 Å². The van der Waals surface area contributed by atoms with Crippen molar-refractivity contribution in [2.24, 2.45) is 0 Å². The quantitative estimate of drug-likeness (QED) is 0.542. The van der Waals surface area contributed by atoms with Crippen molar-refractivity contribution in [3.8, 4) is 10.4 Å². The zero-order chi connectivity index (χ0) is 18.0. The van der Waals surface area contributed by atoms with E-state index < -0.39 is 10.0 Å². The second-order valence-corrected chi connectivity index (χ2v) is 9.76. The van der Waals surface area contributed by atoms with Gasteiger partial charge in [0.15, 0.2) is 0 Å². The maximum absolute atomic E-state index is 12.5. The second kappa shape index (κ2) is 7.60. The minimum Gasteiger partial charge on any atom is -0.207 e. The number of hydrogen-bond acceptors (Lipinski definition) is 3. The lowest BCUT2D eigenvalue weighted by Crippen LogP contribution is -2.23. The Balaban J connectivity index is 1.74. The number of sulfonamides is 1. The van der Waals surface area contributed by atoms with Crippen molar-refractivity contribution in [2.75, 3.05) is 0 Å². The van der Waals surface area contributed by atoms with Gasteiger partial charge in [-0.05, 0) is 60.5 Å². The number of nitrogens with one attached hydrogen (secondary N) is 1. The van der Waals surface area contributed by atoms with Crippen LogP contribution in [0.3, 0.4) is 0 Å². The summed E-state index contributed by atoms with van der Waals surface area (Å²) in [6, 6.07) is 16.6. The highest BCUT2D eigenvalue weighted by Gasteiger charge is 2.17. The molecule has 7 heteroatoms. The number of benzene rings is 2. The Hall–Kier alpha value is -1.18. The highest BCUT2D eigenvalue weighted by atomic mass is 79.9. The fourth-order valence-corrected chi connectivity index (χ4v) is 5.28. The number of thiophene rings is 1. The van der Waals surface area contributed by atoms with Crippen LogP contribution in [0.4, 0.5) is 0 Å². The standard InChI is InChI=1S/C18H15BrClNO2S2/c1-12-10-14(19)4-9-18(12)25(22,23)21-11-16-7-8-17(24-16)13-2-5-15(20)6-3-13/h2-10,21H,11H2,1H3. The fourth-order valence-electron chi connectivity index (χ4n) is 2.40. The van der Waals surface area contributed by atoms with Crippen molar-refractivity contribution in [3.63, 3.8) is 0 Å². The van der Waals surface area contributed by atoms with Crippen LogP contribution < -0.4 is 4.72 Å². The molecule has 130 valence electrons. The molecule has 0 aliphatic carbocycles. The molecule has 0 saturated carbocycles. The summed E-state index contributed by atoms with van der Waals surface area (Å²) in [7, 11) is -3.55. The van der Waals surface area contributed by atoms with Crippen LogP contribution in [0.15, 0.2) is 64.0 Å². The van der Waals surface area contributed by atoms with E-state index in [2.05, 4.69) is 20.7 Å². The van der Waals surface area contributed by atoms with E-state index in [9.17, 15) is 8.42 Å². The molecule has 3 aromatic rings. The summed E-state index contributed by atoms with van der Waals surface area (Å²) >= 11 is 10.8. The van der Waals surface area contributed by atoms with E-state index in [1.807, 2.05) is 36.4 Å². The molecule has 0 aliphatic heterocycles. The zero-order valence-corrected chi connectivity index (χ0v) is 17.3. The third-order valence-corrected chi connectivity index (χ3v) is 7.09. The molecular weight excluding hydrogens is 442 g/mol. The van der Waals surface area contributed by atoms with Crippen LogP contribution in [-0.4, -0.2) is 8.42 Å². The van der Waals surface area contributed by atoms with Gasteiger partial charge in [-0.1, -0.05) is 39.7 Å². The largest absolute Gasteiger partial charge is 0.241 e. The van der Waals surface area contributed by atoms with Crippen LogP contribution in [0.5, 0.6) is 0 Å². The number of hydrogen-bond donors (Lipinski definition) is 1. The molecule has 0 radical (unpaired) electrons. The molecule has 3 nitrogen and oxygen atoms in total. The third-order valence-electron chi connectivity index (χ3n) is 3.65. The van der Waals surface area contributed by atoms with Gasteiger partial charge in [0.2, 0.25) is 10.0 Å². The van der Waals surface area contributed by atoms with Gasteiger partial charge in [0.25, 0.3) is 0 Å². The van der Waals surface area contributed by atoms with Gasteiger partial charge in [0.05, 0.1) is 4.90 Å². The van der Waals surface area contributed by atoms with Crippen molar-refractivity contribution in [1.82, 2.24) is 4.72 Å². The fraction of sp³-hybridized carbons (Fsp3) is 0.111. The van der Waals surface area contributed by atoms with E-state index in [0.717, 1.165) is 19.8 Å². The molecule has 0 aliphatic rings. The van der Waals surface area contributed by atoms with Crippen LogP contribution in [0.2, 0.25) is 5.02 Å². The van der Waals surface area contributed by atoms with Crippen LogP contribution in [0.25, 0.3) is 10.4 Å². The van der Waals surface area contributed by atoms with Gasteiger partial charge in [-0.25, -0.2) is 13.1 Å². The summed E-state index contributed by atoms with van der Waals surface area (Å²) in [5.74, 6) is 0. The van der Waals surface area contributed by atoms with Gasteiger partial charge in [-0.3, -0.25) is 0 Å². The molecular formula is C18H15BrClNO2S2. The molecule has 0 fully saturated rings. The molecule has 0 saturated heterocycles. The average Bonchev–Trinajstić information content (AvgIpc) is 3.02. The number of halogens is 2. The van der Waals surface area contributed by atoms with Gasteiger partial charge < -0.3 is 0 Å². The molecule has 0 amide bonds. The lowest BCUT2D eigenvalue weighted by atomic mass is 10.2. The van der Waals surface area contributed by atoms with Crippen molar-refractivity contribution >= 4 is 48.9 Å².